The summed E-state index contributed by atoms with van der Waals surface area (Å²) in [7, 11) is 1.45. The van der Waals surface area contributed by atoms with Crippen molar-refractivity contribution >= 4 is 5.97 Å². The van der Waals surface area contributed by atoms with Crippen LogP contribution in [0.25, 0.3) is 0 Å². The van der Waals surface area contributed by atoms with E-state index in [9.17, 15) is 4.79 Å². The molecule has 1 fully saturated rings. The molecule has 1 aromatic carbocycles. The van der Waals surface area contributed by atoms with Crippen LogP contribution in [0.15, 0.2) is 30.3 Å². The van der Waals surface area contributed by atoms with Crippen molar-refractivity contribution in [3.05, 3.63) is 35.9 Å². The summed E-state index contributed by atoms with van der Waals surface area (Å²) in [4.78, 5) is 11.5. The zero-order chi connectivity index (χ0) is 11.4. The Labute approximate surface area is 95.8 Å². The van der Waals surface area contributed by atoms with Crippen molar-refractivity contribution in [1.29, 1.82) is 0 Å². The first kappa shape index (κ1) is 11.1. The fourth-order valence-corrected chi connectivity index (χ4v) is 2.27. The summed E-state index contributed by atoms with van der Waals surface area (Å²) in [5.41, 5.74) is 1.30. The van der Waals surface area contributed by atoms with Crippen molar-refractivity contribution in [2.24, 2.45) is 5.92 Å². The Morgan fingerprint density at radius 2 is 2.06 bits per heavy atom. The number of ether oxygens (including phenoxy) is 1. The minimum absolute atomic E-state index is 0.0102. The Morgan fingerprint density at radius 3 is 2.75 bits per heavy atom. The molecule has 0 bridgehead atoms. The van der Waals surface area contributed by atoms with E-state index in [0.717, 1.165) is 19.5 Å². The van der Waals surface area contributed by atoms with Crippen LogP contribution in [0.1, 0.15) is 17.9 Å². The van der Waals surface area contributed by atoms with Gasteiger partial charge in [-0.25, -0.2) is 0 Å². The Kier molecular flexibility index (Phi) is 3.57. The van der Waals surface area contributed by atoms with E-state index in [0.29, 0.717) is 5.92 Å². The molecule has 3 heteroatoms. The predicted molar refractivity (Wildman–Crippen MR) is 62.2 cm³/mol. The molecular weight excluding hydrogens is 202 g/mol. The molecule has 1 saturated heterocycles. The third-order valence-corrected chi connectivity index (χ3v) is 3.16. The number of carbonyl (C=O) groups is 1. The number of methoxy groups -OCH3 is 1. The number of hydrogen-bond donors (Lipinski definition) is 1. The smallest absolute Gasteiger partial charge is 0.309 e. The first-order valence-electron chi connectivity index (χ1n) is 5.64. The molecule has 0 amide bonds. The minimum Gasteiger partial charge on any atom is -0.469 e. The van der Waals surface area contributed by atoms with Crippen molar-refractivity contribution in [3.63, 3.8) is 0 Å². The second-order valence-electron chi connectivity index (χ2n) is 4.22. The van der Waals surface area contributed by atoms with E-state index < -0.39 is 0 Å². The van der Waals surface area contributed by atoms with E-state index in [2.05, 4.69) is 17.4 Å². The number of nitrogens with one attached hydrogen (secondary N) is 1. The Balaban J connectivity index is 2.05. The normalized spacial score (nSPS) is 25.1. The van der Waals surface area contributed by atoms with Crippen LogP contribution in [0.5, 0.6) is 0 Å². The fourth-order valence-electron chi connectivity index (χ4n) is 2.27. The van der Waals surface area contributed by atoms with Gasteiger partial charge in [-0.15, -0.1) is 0 Å². The summed E-state index contributed by atoms with van der Waals surface area (Å²) in [6.45, 7) is 1.67. The molecule has 0 unspecified atom stereocenters. The molecule has 2 rings (SSSR count). The lowest BCUT2D eigenvalue weighted by molar-refractivity contribution is -0.146. The van der Waals surface area contributed by atoms with E-state index in [4.69, 9.17) is 4.74 Å². The lowest BCUT2D eigenvalue weighted by atomic mass is 9.86. The van der Waals surface area contributed by atoms with Gasteiger partial charge in [0.1, 0.15) is 0 Å². The molecule has 1 heterocycles. The second kappa shape index (κ2) is 5.12. The Bertz CT molecular complexity index is 350. The van der Waals surface area contributed by atoms with Crippen LogP contribution >= 0.6 is 0 Å². The van der Waals surface area contributed by atoms with E-state index in [1.807, 2.05) is 18.2 Å². The number of benzene rings is 1. The van der Waals surface area contributed by atoms with Crippen LogP contribution in [0, 0.1) is 5.92 Å². The highest BCUT2D eigenvalue weighted by Gasteiger charge is 2.28. The third-order valence-electron chi connectivity index (χ3n) is 3.16. The van der Waals surface area contributed by atoms with Crippen LogP contribution in [0.3, 0.4) is 0 Å². The zero-order valence-corrected chi connectivity index (χ0v) is 9.48. The molecule has 0 aromatic heterocycles. The maximum atomic E-state index is 11.5. The summed E-state index contributed by atoms with van der Waals surface area (Å²) in [6.07, 6.45) is 0.879. The number of carbonyl (C=O) groups excluding carboxylic acids is 1. The van der Waals surface area contributed by atoms with Crippen molar-refractivity contribution in [2.75, 3.05) is 20.2 Å². The van der Waals surface area contributed by atoms with Gasteiger partial charge in [-0.3, -0.25) is 4.79 Å². The minimum atomic E-state index is -0.104. The van der Waals surface area contributed by atoms with Crippen LogP contribution in [0.4, 0.5) is 0 Å². The van der Waals surface area contributed by atoms with Gasteiger partial charge in [0, 0.05) is 13.1 Å². The highest BCUT2D eigenvalue weighted by Crippen LogP contribution is 2.26. The highest BCUT2D eigenvalue weighted by molar-refractivity contribution is 5.72. The van der Waals surface area contributed by atoms with E-state index in [1.165, 1.54) is 12.7 Å². The largest absolute Gasteiger partial charge is 0.469 e. The highest BCUT2D eigenvalue weighted by atomic mass is 16.5. The van der Waals surface area contributed by atoms with Crippen molar-refractivity contribution < 1.29 is 9.53 Å². The average Bonchev–Trinajstić information content (AvgIpc) is 2.39. The maximum Gasteiger partial charge on any atom is 0.309 e. The van der Waals surface area contributed by atoms with Gasteiger partial charge in [0.15, 0.2) is 0 Å². The summed E-state index contributed by atoms with van der Waals surface area (Å²) in [6, 6.07) is 10.3. The summed E-state index contributed by atoms with van der Waals surface area (Å²) >= 11 is 0. The summed E-state index contributed by atoms with van der Waals surface area (Å²) < 4.78 is 4.79. The molecule has 1 aliphatic heterocycles. The maximum absolute atomic E-state index is 11.5. The average molecular weight is 219 g/mol. The topological polar surface area (TPSA) is 38.3 Å². The molecule has 1 N–H and O–H groups in total. The first-order chi connectivity index (χ1) is 7.81. The zero-order valence-electron chi connectivity index (χ0n) is 9.48. The van der Waals surface area contributed by atoms with Gasteiger partial charge in [-0.1, -0.05) is 30.3 Å². The van der Waals surface area contributed by atoms with Gasteiger partial charge < -0.3 is 10.1 Å². The fraction of sp³-hybridized carbons (Fsp3) is 0.462. The van der Waals surface area contributed by atoms with E-state index in [-0.39, 0.29) is 11.9 Å². The summed E-state index contributed by atoms with van der Waals surface area (Å²) in [5, 5.41) is 3.30. The van der Waals surface area contributed by atoms with Crippen LogP contribution in [0.2, 0.25) is 0 Å². The molecule has 16 heavy (non-hydrogen) atoms. The summed E-state index contributed by atoms with van der Waals surface area (Å²) in [5.74, 6) is 0.302. The van der Waals surface area contributed by atoms with Crippen molar-refractivity contribution in [2.45, 2.75) is 12.3 Å². The molecule has 0 aliphatic carbocycles. The lowest BCUT2D eigenvalue weighted by Gasteiger charge is -2.28. The molecule has 3 nitrogen and oxygen atoms in total. The quantitative estimate of drug-likeness (QED) is 0.767. The molecule has 1 aromatic rings. The molecule has 0 spiro atoms. The molecular formula is C13H17NO2. The monoisotopic (exact) mass is 219 g/mol. The molecule has 0 saturated carbocycles. The first-order valence-corrected chi connectivity index (χ1v) is 5.64. The van der Waals surface area contributed by atoms with Gasteiger partial charge in [0.05, 0.1) is 13.0 Å². The van der Waals surface area contributed by atoms with Gasteiger partial charge >= 0.3 is 5.97 Å². The Morgan fingerprint density at radius 1 is 1.31 bits per heavy atom. The van der Waals surface area contributed by atoms with Crippen molar-refractivity contribution in [1.82, 2.24) is 5.32 Å². The number of piperidine rings is 1. The van der Waals surface area contributed by atoms with Crippen molar-refractivity contribution in [3.8, 4) is 0 Å². The standard InChI is InChI=1S/C13H17NO2/c1-16-13(15)12-7-11(8-14-9-12)10-5-3-2-4-6-10/h2-6,11-12,14H,7-9H2,1H3/t11-,12+/m0/s1. The molecule has 2 atom stereocenters. The van der Waals surface area contributed by atoms with Crippen LogP contribution in [-0.2, 0) is 9.53 Å². The van der Waals surface area contributed by atoms with Gasteiger partial charge in [0.25, 0.3) is 0 Å². The van der Waals surface area contributed by atoms with Crippen LogP contribution in [-0.4, -0.2) is 26.2 Å². The SMILES string of the molecule is COC(=O)[C@H]1CNC[C@@H](c2ccccc2)C1. The van der Waals surface area contributed by atoms with E-state index >= 15 is 0 Å². The lowest BCUT2D eigenvalue weighted by Crippen LogP contribution is -2.39. The second-order valence-corrected chi connectivity index (χ2v) is 4.22. The Hall–Kier alpha value is -1.35. The number of rotatable bonds is 2. The molecule has 86 valence electrons. The third kappa shape index (κ3) is 2.42. The predicted octanol–water partition coefficient (Wildman–Crippen LogP) is 1.55. The van der Waals surface area contributed by atoms with Gasteiger partial charge in [-0.05, 0) is 17.9 Å². The van der Waals surface area contributed by atoms with Gasteiger partial charge in [0.2, 0.25) is 0 Å². The van der Waals surface area contributed by atoms with Crippen LogP contribution < -0.4 is 5.32 Å². The van der Waals surface area contributed by atoms with Gasteiger partial charge in [-0.2, -0.15) is 0 Å². The molecule has 1 aliphatic rings. The number of hydrogen-bond acceptors (Lipinski definition) is 3. The molecule has 0 radical (unpaired) electrons. The van der Waals surface area contributed by atoms with E-state index in [1.54, 1.807) is 0 Å². The number of esters is 1.